The van der Waals surface area contributed by atoms with Crippen LogP contribution in [0.1, 0.15) is 21.7 Å². The van der Waals surface area contributed by atoms with Gasteiger partial charge in [-0.25, -0.2) is 12.8 Å². The Bertz CT molecular complexity index is 1170. The molecule has 28 heavy (non-hydrogen) atoms. The van der Waals surface area contributed by atoms with Crippen molar-refractivity contribution in [1.82, 2.24) is 0 Å². The molecular weight excluding hydrogens is 402 g/mol. The molecule has 0 unspecified atom stereocenters. The van der Waals surface area contributed by atoms with Crippen molar-refractivity contribution in [3.8, 4) is 0 Å². The lowest BCUT2D eigenvalue weighted by Gasteiger charge is -2.11. The van der Waals surface area contributed by atoms with Gasteiger partial charge in [-0.1, -0.05) is 18.2 Å². The third-order valence-corrected chi connectivity index (χ3v) is 4.65. The highest BCUT2D eigenvalue weighted by Gasteiger charge is 2.34. The lowest BCUT2D eigenvalue weighted by molar-refractivity contribution is -0.139. The van der Waals surface area contributed by atoms with Crippen LogP contribution in [0, 0.1) is 5.82 Å². The summed E-state index contributed by atoms with van der Waals surface area (Å²) in [7, 11) is -3.54. The van der Waals surface area contributed by atoms with Crippen LogP contribution in [-0.2, 0) is 21.8 Å². The molecule has 2 aromatic carbocycles. The molecule has 3 aromatic rings. The fraction of sp³-hybridized carbons (Fsp3) is 0.167. The maximum absolute atomic E-state index is 13.4. The zero-order valence-electron chi connectivity index (χ0n) is 14.3. The second-order valence-electron chi connectivity index (χ2n) is 6.12. The summed E-state index contributed by atoms with van der Waals surface area (Å²) in [4.78, 5) is 12.6. The predicted molar refractivity (Wildman–Crippen MR) is 94.1 cm³/mol. The summed E-state index contributed by atoms with van der Waals surface area (Å²) in [5.74, 6) is -3.27. The van der Waals surface area contributed by atoms with Crippen LogP contribution in [0.4, 0.5) is 23.2 Å². The number of rotatable bonds is 4. The minimum atomic E-state index is -4.94. The number of para-hydroxylation sites is 1. The topological polar surface area (TPSA) is 76.4 Å². The highest BCUT2D eigenvalue weighted by Crippen LogP contribution is 2.33. The lowest BCUT2D eigenvalue weighted by atomic mass is 10.1. The van der Waals surface area contributed by atoms with Gasteiger partial charge in [0.15, 0.2) is 15.6 Å². The highest BCUT2D eigenvalue weighted by atomic mass is 32.2. The smallest absolute Gasteiger partial charge is 0.419 e. The monoisotopic (exact) mass is 415 g/mol. The zero-order valence-corrected chi connectivity index (χ0v) is 15.1. The molecule has 0 aliphatic carbocycles. The van der Waals surface area contributed by atoms with Gasteiger partial charge in [0.25, 0.3) is 5.91 Å². The SMILES string of the molecule is CS(=O)(=O)Cc1c(C(=O)Nc2ccc(F)c(C(F)(F)F)c2)oc2ccccc12. The summed E-state index contributed by atoms with van der Waals surface area (Å²) in [5, 5.41) is 2.59. The Labute approximate surface area is 156 Å². The van der Waals surface area contributed by atoms with Gasteiger partial charge in [0.2, 0.25) is 0 Å². The van der Waals surface area contributed by atoms with Gasteiger partial charge in [0.05, 0.1) is 11.3 Å². The molecule has 0 spiro atoms. The van der Waals surface area contributed by atoms with Gasteiger partial charge in [0, 0.05) is 22.9 Å². The molecule has 10 heteroatoms. The fourth-order valence-corrected chi connectivity index (χ4v) is 3.51. The molecule has 1 aromatic heterocycles. The fourth-order valence-electron chi connectivity index (χ4n) is 2.70. The summed E-state index contributed by atoms with van der Waals surface area (Å²) in [5.41, 5.74) is -1.51. The average Bonchev–Trinajstić information content (AvgIpc) is 2.93. The molecule has 148 valence electrons. The van der Waals surface area contributed by atoms with E-state index < -0.39 is 39.1 Å². The number of hydrogen-bond donors (Lipinski definition) is 1. The number of hydrogen-bond acceptors (Lipinski definition) is 4. The predicted octanol–water partition coefficient (Wildman–Crippen LogP) is 4.39. The molecule has 0 fully saturated rings. The van der Waals surface area contributed by atoms with Crippen LogP contribution in [0.25, 0.3) is 11.0 Å². The van der Waals surface area contributed by atoms with Crippen LogP contribution in [0.2, 0.25) is 0 Å². The van der Waals surface area contributed by atoms with Crippen LogP contribution in [0.5, 0.6) is 0 Å². The van der Waals surface area contributed by atoms with E-state index in [4.69, 9.17) is 4.42 Å². The number of alkyl halides is 3. The number of amides is 1. The van der Waals surface area contributed by atoms with Gasteiger partial charge in [-0.2, -0.15) is 13.2 Å². The van der Waals surface area contributed by atoms with E-state index in [0.29, 0.717) is 17.5 Å². The van der Waals surface area contributed by atoms with Crippen molar-refractivity contribution in [2.24, 2.45) is 0 Å². The first-order valence-electron chi connectivity index (χ1n) is 7.82. The third kappa shape index (κ3) is 4.16. The number of carbonyl (C=O) groups excluding carboxylic acids is 1. The Hall–Kier alpha value is -2.88. The molecule has 5 nitrogen and oxygen atoms in total. The number of nitrogens with one attached hydrogen (secondary N) is 1. The quantitative estimate of drug-likeness (QED) is 0.642. The normalized spacial score (nSPS) is 12.3. The molecule has 0 aliphatic rings. The largest absolute Gasteiger partial charge is 0.451 e. The van der Waals surface area contributed by atoms with Crippen molar-refractivity contribution in [2.45, 2.75) is 11.9 Å². The number of halogens is 4. The van der Waals surface area contributed by atoms with Crippen molar-refractivity contribution in [1.29, 1.82) is 0 Å². The second-order valence-corrected chi connectivity index (χ2v) is 8.26. The zero-order chi connectivity index (χ0) is 20.7. The van der Waals surface area contributed by atoms with Gasteiger partial charge in [-0.05, 0) is 24.3 Å². The Kier molecular flexibility index (Phi) is 4.92. The Morgan fingerprint density at radius 1 is 1.14 bits per heavy atom. The molecule has 1 N–H and O–H groups in total. The molecule has 3 rings (SSSR count). The van der Waals surface area contributed by atoms with E-state index in [1.165, 1.54) is 6.07 Å². The number of benzene rings is 2. The van der Waals surface area contributed by atoms with Gasteiger partial charge in [-0.15, -0.1) is 0 Å². The second kappa shape index (κ2) is 6.93. The maximum atomic E-state index is 13.4. The number of sulfone groups is 1. The molecule has 0 atom stereocenters. The summed E-state index contributed by atoms with van der Waals surface area (Å²) in [6.45, 7) is 0. The lowest BCUT2D eigenvalue weighted by Crippen LogP contribution is -2.16. The molecule has 0 aliphatic heterocycles. The summed E-state index contributed by atoms with van der Waals surface area (Å²) < 4.78 is 80.8. The van der Waals surface area contributed by atoms with E-state index >= 15 is 0 Å². The van der Waals surface area contributed by atoms with Gasteiger partial charge in [0.1, 0.15) is 11.4 Å². The van der Waals surface area contributed by atoms with Crippen molar-refractivity contribution >= 4 is 32.4 Å². The number of furan rings is 1. The van der Waals surface area contributed by atoms with Crippen molar-refractivity contribution in [3.05, 3.63) is 65.2 Å². The molecule has 0 saturated heterocycles. The van der Waals surface area contributed by atoms with Crippen LogP contribution in [0.3, 0.4) is 0 Å². The Morgan fingerprint density at radius 3 is 2.46 bits per heavy atom. The van der Waals surface area contributed by atoms with Crippen LogP contribution < -0.4 is 5.32 Å². The van der Waals surface area contributed by atoms with Crippen LogP contribution >= 0.6 is 0 Å². The molecule has 0 radical (unpaired) electrons. The van der Waals surface area contributed by atoms with E-state index in [2.05, 4.69) is 5.32 Å². The minimum absolute atomic E-state index is 0.0914. The maximum Gasteiger partial charge on any atom is 0.419 e. The minimum Gasteiger partial charge on any atom is -0.451 e. The van der Waals surface area contributed by atoms with Crippen LogP contribution in [-0.4, -0.2) is 20.6 Å². The van der Waals surface area contributed by atoms with E-state index in [9.17, 15) is 30.8 Å². The average molecular weight is 415 g/mol. The van der Waals surface area contributed by atoms with Crippen molar-refractivity contribution in [2.75, 3.05) is 11.6 Å². The first kappa shape index (κ1) is 19.9. The van der Waals surface area contributed by atoms with E-state index in [0.717, 1.165) is 12.3 Å². The number of carbonyl (C=O) groups is 1. The molecular formula is C18H13F4NO4S. The molecule has 0 saturated carbocycles. The van der Waals surface area contributed by atoms with E-state index in [-0.39, 0.29) is 22.6 Å². The molecule has 1 heterocycles. The summed E-state index contributed by atoms with van der Waals surface area (Å²) in [6.07, 6.45) is -3.96. The first-order valence-corrected chi connectivity index (χ1v) is 9.88. The number of fused-ring (bicyclic) bond motifs is 1. The van der Waals surface area contributed by atoms with E-state index in [1.54, 1.807) is 18.2 Å². The summed E-state index contributed by atoms with van der Waals surface area (Å²) in [6, 6.07) is 8.32. The van der Waals surface area contributed by atoms with Gasteiger partial charge < -0.3 is 9.73 Å². The Balaban J connectivity index is 2.02. The molecule has 0 bridgehead atoms. The van der Waals surface area contributed by atoms with Gasteiger partial charge in [-0.3, -0.25) is 4.79 Å². The van der Waals surface area contributed by atoms with Crippen molar-refractivity contribution < 1.29 is 35.2 Å². The van der Waals surface area contributed by atoms with Crippen molar-refractivity contribution in [3.63, 3.8) is 0 Å². The Morgan fingerprint density at radius 2 is 1.82 bits per heavy atom. The highest BCUT2D eigenvalue weighted by molar-refractivity contribution is 7.89. The summed E-state index contributed by atoms with van der Waals surface area (Å²) >= 11 is 0. The first-order chi connectivity index (χ1) is 13.0. The van der Waals surface area contributed by atoms with E-state index in [1.807, 2.05) is 0 Å². The van der Waals surface area contributed by atoms with Crippen LogP contribution in [0.15, 0.2) is 46.9 Å². The van der Waals surface area contributed by atoms with Gasteiger partial charge >= 0.3 is 6.18 Å². The standard InChI is InChI=1S/C18H13F4NO4S/c1-28(25,26)9-12-11-4-2-3-5-15(11)27-16(12)17(24)23-10-6-7-14(19)13(8-10)18(20,21)22/h2-8H,9H2,1H3,(H,23,24). The third-order valence-electron chi connectivity index (χ3n) is 3.84. The number of anilines is 1. The molecule has 1 amide bonds.